The van der Waals surface area contributed by atoms with Crippen molar-refractivity contribution in [2.45, 2.75) is 74.8 Å². The number of hydrogen-bond donors (Lipinski definition) is 2. The first-order valence-electron chi connectivity index (χ1n) is 22.4. The van der Waals surface area contributed by atoms with Gasteiger partial charge in [-0.3, -0.25) is 53.7 Å². The molecule has 1 atom stereocenters. The lowest BCUT2D eigenvalue weighted by Crippen LogP contribution is -2.54. The lowest BCUT2D eigenvalue weighted by Gasteiger charge is -2.43. The summed E-state index contributed by atoms with van der Waals surface area (Å²) in [6, 6.07) is 11.7. The number of benzene rings is 1. The number of imide groups is 2. The van der Waals surface area contributed by atoms with E-state index in [4.69, 9.17) is 0 Å². The van der Waals surface area contributed by atoms with E-state index in [0.717, 1.165) is 87.4 Å². The molecule has 2 aromatic heterocycles. The number of carbonyl (C=O) groups excluding carboxylic acids is 7. The summed E-state index contributed by atoms with van der Waals surface area (Å²) in [4.78, 5) is 103. The Morgan fingerprint density at radius 2 is 1.61 bits per heavy atom. The largest absolute Gasteiger partial charge is 0.355 e. The number of nitrogens with zero attached hydrogens (tertiary/aromatic N) is 8. The monoisotopic (exact) mass is 890 g/mol. The first kappa shape index (κ1) is 44.6. The second kappa shape index (κ2) is 20.7. The summed E-state index contributed by atoms with van der Waals surface area (Å²) < 4.78 is 0. The number of piperazine rings is 1. The third-order valence-corrected chi connectivity index (χ3v) is 14.0. The number of pyridine rings is 1. The van der Waals surface area contributed by atoms with Gasteiger partial charge >= 0.3 is 0 Å². The molecular formula is C46H54N10O7S. The van der Waals surface area contributed by atoms with E-state index < -0.39 is 29.7 Å². The standard InChI is InChI=1S/C46H54N10O7S/c57-39(13-9-32-6-4-19-47-29-32)48-20-2-1-5-31-15-21-55(22-16-31)45(62)35-10-12-38(51-50-35)53-23-17-33(18-24-53)52-25-27-54(28-26-52)41(59)30-64-37-8-3-7-34-42(37)46(63)56(44(34)61)36-11-14-40(58)49-43(36)60/h3-4,6-10,12-13,19,29,31,33,36H,1-2,5,11,14-18,20-28,30H2,(H,48,57)(H,49,58,60)/b13-9+. The summed E-state index contributed by atoms with van der Waals surface area (Å²) in [5.41, 5.74) is 1.65. The van der Waals surface area contributed by atoms with Crippen LogP contribution >= 0.6 is 11.8 Å². The molecule has 64 heavy (non-hydrogen) atoms. The molecule has 8 rings (SSSR count). The lowest BCUT2D eigenvalue weighted by molar-refractivity contribution is -0.136. The summed E-state index contributed by atoms with van der Waals surface area (Å²) in [6.07, 6.45) is 13.6. The highest BCUT2D eigenvalue weighted by atomic mass is 32.2. The predicted molar refractivity (Wildman–Crippen MR) is 238 cm³/mol. The molecule has 4 saturated heterocycles. The van der Waals surface area contributed by atoms with E-state index in [9.17, 15) is 33.6 Å². The molecule has 7 heterocycles. The Hall–Kier alpha value is -6.01. The number of aromatic nitrogens is 3. The average Bonchev–Trinajstić information content (AvgIpc) is 3.59. The van der Waals surface area contributed by atoms with Crippen LogP contribution in [0.25, 0.3) is 6.08 Å². The van der Waals surface area contributed by atoms with E-state index in [1.807, 2.05) is 28.0 Å². The molecule has 5 aliphatic rings. The first-order valence-corrected chi connectivity index (χ1v) is 23.3. The molecule has 336 valence electrons. The van der Waals surface area contributed by atoms with Crippen molar-refractivity contribution in [3.8, 4) is 0 Å². The number of likely N-dealkylation sites (tertiary alicyclic amines) is 1. The average molecular weight is 891 g/mol. The number of piperidine rings is 3. The number of thioether (sulfide) groups is 1. The summed E-state index contributed by atoms with van der Waals surface area (Å²) in [6.45, 7) is 6.38. The van der Waals surface area contributed by atoms with Crippen molar-refractivity contribution in [3.05, 3.63) is 83.3 Å². The molecule has 0 bridgehead atoms. The molecule has 17 nitrogen and oxygen atoms in total. The van der Waals surface area contributed by atoms with Gasteiger partial charge in [0.1, 0.15) is 6.04 Å². The van der Waals surface area contributed by atoms with Crippen LogP contribution in [0, 0.1) is 5.92 Å². The number of fused-ring (bicyclic) bond motifs is 1. The Kier molecular flexibility index (Phi) is 14.4. The van der Waals surface area contributed by atoms with Gasteiger partial charge in [-0.25, -0.2) is 0 Å². The smallest absolute Gasteiger partial charge is 0.274 e. The van der Waals surface area contributed by atoms with Crippen molar-refractivity contribution in [1.29, 1.82) is 0 Å². The molecule has 4 fully saturated rings. The van der Waals surface area contributed by atoms with Crippen molar-refractivity contribution >= 4 is 65.0 Å². The molecule has 7 amide bonds. The number of carbonyl (C=O) groups is 7. The fourth-order valence-corrected chi connectivity index (χ4v) is 10.3. The van der Waals surface area contributed by atoms with Gasteiger partial charge in [0.2, 0.25) is 23.6 Å². The number of anilines is 1. The Labute approximate surface area is 376 Å². The van der Waals surface area contributed by atoms with Gasteiger partial charge in [-0.2, -0.15) is 0 Å². The molecule has 1 unspecified atom stereocenters. The van der Waals surface area contributed by atoms with E-state index in [1.165, 1.54) is 17.8 Å². The normalized spacial score (nSPS) is 20.2. The van der Waals surface area contributed by atoms with Crippen LogP contribution in [-0.4, -0.2) is 153 Å². The summed E-state index contributed by atoms with van der Waals surface area (Å²) >= 11 is 1.22. The predicted octanol–water partition coefficient (Wildman–Crippen LogP) is 3.03. The minimum absolute atomic E-state index is 0.0431. The van der Waals surface area contributed by atoms with E-state index in [1.54, 1.807) is 42.7 Å². The summed E-state index contributed by atoms with van der Waals surface area (Å²) in [5.74, 6) is -1.03. The third kappa shape index (κ3) is 10.5. The highest BCUT2D eigenvalue weighted by Crippen LogP contribution is 2.35. The van der Waals surface area contributed by atoms with E-state index in [2.05, 4.69) is 35.6 Å². The Balaban J connectivity index is 0.712. The molecule has 18 heteroatoms. The Morgan fingerprint density at radius 3 is 2.33 bits per heavy atom. The van der Waals surface area contributed by atoms with Crippen molar-refractivity contribution in [2.75, 3.05) is 69.6 Å². The molecule has 3 aromatic rings. The van der Waals surface area contributed by atoms with Gasteiger partial charge in [-0.1, -0.05) is 25.0 Å². The van der Waals surface area contributed by atoms with Crippen LogP contribution in [-0.2, 0) is 19.2 Å². The van der Waals surface area contributed by atoms with Crippen LogP contribution < -0.4 is 15.5 Å². The van der Waals surface area contributed by atoms with Gasteiger partial charge in [-0.15, -0.1) is 22.0 Å². The van der Waals surface area contributed by atoms with Crippen molar-refractivity contribution in [2.24, 2.45) is 5.92 Å². The second-order valence-corrected chi connectivity index (χ2v) is 18.0. The SMILES string of the molecule is O=C(/C=C/c1cccnc1)NCCCCC1CCN(C(=O)c2ccc(N3CCC(N4CCN(C(=O)CSc5cccc6c5C(=O)N(C5CCC(=O)NC5=O)C6=O)CC4)CC3)nn2)CC1. The molecular weight excluding hydrogens is 837 g/mol. The number of nitrogens with one attached hydrogen (secondary N) is 2. The zero-order valence-electron chi connectivity index (χ0n) is 35.9. The zero-order chi connectivity index (χ0) is 44.6. The van der Waals surface area contributed by atoms with Crippen LogP contribution in [0.1, 0.15) is 94.6 Å². The van der Waals surface area contributed by atoms with Crippen molar-refractivity contribution in [3.63, 3.8) is 0 Å². The second-order valence-electron chi connectivity index (χ2n) is 17.0. The fourth-order valence-electron chi connectivity index (χ4n) is 9.30. The Bertz CT molecular complexity index is 2250. The summed E-state index contributed by atoms with van der Waals surface area (Å²) in [7, 11) is 0. The van der Waals surface area contributed by atoms with Crippen LogP contribution in [0.2, 0.25) is 0 Å². The quantitative estimate of drug-likeness (QED) is 0.104. The van der Waals surface area contributed by atoms with Crippen molar-refractivity contribution in [1.82, 2.24) is 45.4 Å². The molecule has 0 saturated carbocycles. The number of amides is 7. The first-order chi connectivity index (χ1) is 31.1. The maximum absolute atomic E-state index is 13.5. The fraction of sp³-hybridized carbons (Fsp3) is 0.478. The Morgan fingerprint density at radius 1 is 0.812 bits per heavy atom. The number of unbranched alkanes of at least 4 members (excludes halogenated alkanes) is 1. The maximum Gasteiger partial charge on any atom is 0.274 e. The molecule has 0 spiro atoms. The van der Waals surface area contributed by atoms with Crippen LogP contribution in [0.15, 0.2) is 65.8 Å². The highest BCUT2D eigenvalue weighted by molar-refractivity contribution is 8.00. The summed E-state index contributed by atoms with van der Waals surface area (Å²) in [5, 5.41) is 14.0. The maximum atomic E-state index is 13.5. The molecule has 5 aliphatic heterocycles. The van der Waals surface area contributed by atoms with Gasteiger partial charge in [0, 0.05) is 94.7 Å². The molecule has 1 aromatic carbocycles. The van der Waals surface area contributed by atoms with E-state index in [0.29, 0.717) is 55.3 Å². The topological polar surface area (TPSA) is 198 Å². The van der Waals surface area contributed by atoms with Gasteiger partial charge in [0.05, 0.1) is 16.9 Å². The van der Waals surface area contributed by atoms with Gasteiger partial charge in [0.15, 0.2) is 11.5 Å². The van der Waals surface area contributed by atoms with Gasteiger partial charge < -0.3 is 20.0 Å². The third-order valence-electron chi connectivity index (χ3n) is 13.0. The van der Waals surface area contributed by atoms with Crippen LogP contribution in [0.3, 0.4) is 0 Å². The lowest BCUT2D eigenvalue weighted by atomic mass is 9.91. The van der Waals surface area contributed by atoms with Crippen LogP contribution in [0.5, 0.6) is 0 Å². The highest BCUT2D eigenvalue weighted by Gasteiger charge is 2.45. The zero-order valence-corrected chi connectivity index (χ0v) is 36.7. The minimum atomic E-state index is -1.05. The number of rotatable bonds is 14. The van der Waals surface area contributed by atoms with Gasteiger partial charge in [0.25, 0.3) is 17.7 Å². The van der Waals surface area contributed by atoms with E-state index in [-0.39, 0.29) is 47.4 Å². The molecule has 2 N–H and O–H groups in total. The minimum Gasteiger partial charge on any atom is -0.355 e. The molecule has 0 aliphatic carbocycles. The number of hydrogen-bond acceptors (Lipinski definition) is 13. The van der Waals surface area contributed by atoms with Crippen molar-refractivity contribution < 1.29 is 33.6 Å². The van der Waals surface area contributed by atoms with Crippen LogP contribution in [0.4, 0.5) is 5.82 Å². The molecule has 0 radical (unpaired) electrons. The van der Waals surface area contributed by atoms with E-state index >= 15 is 0 Å². The van der Waals surface area contributed by atoms with Gasteiger partial charge in [-0.05, 0) is 86.4 Å².